The van der Waals surface area contributed by atoms with Gasteiger partial charge in [0.1, 0.15) is 5.75 Å². The molecule has 2 amide bonds. The van der Waals surface area contributed by atoms with Crippen molar-refractivity contribution >= 4 is 29.3 Å². The van der Waals surface area contributed by atoms with Crippen LogP contribution < -0.4 is 15.4 Å². The standard InChI is InChI=1S/C22H32N4O3S/c1-18(2)30-16-22(28)24-13-6-4-5-8-21(27)25-19-9-11-20(12-10-19)29-15-7-14-26(3)17-23/h9-12H,1,4-8,13-16H2,2-3H3,(H,24,28)(H,25,27). The van der Waals surface area contributed by atoms with Crippen LogP contribution in [0.2, 0.25) is 0 Å². The van der Waals surface area contributed by atoms with E-state index in [9.17, 15) is 9.59 Å². The molecule has 0 radical (unpaired) electrons. The van der Waals surface area contributed by atoms with Crippen molar-refractivity contribution in [2.45, 2.75) is 39.0 Å². The van der Waals surface area contributed by atoms with Gasteiger partial charge >= 0.3 is 0 Å². The van der Waals surface area contributed by atoms with E-state index in [2.05, 4.69) is 17.2 Å². The Morgan fingerprint density at radius 3 is 2.57 bits per heavy atom. The molecule has 0 saturated carbocycles. The highest BCUT2D eigenvalue weighted by Crippen LogP contribution is 2.16. The molecule has 164 valence electrons. The van der Waals surface area contributed by atoms with Gasteiger partial charge in [0.25, 0.3) is 0 Å². The van der Waals surface area contributed by atoms with Crippen molar-refractivity contribution in [3.05, 3.63) is 35.7 Å². The average Bonchev–Trinajstić information content (AvgIpc) is 2.73. The van der Waals surface area contributed by atoms with Crippen LogP contribution in [0.5, 0.6) is 5.75 Å². The summed E-state index contributed by atoms with van der Waals surface area (Å²) in [6.07, 6.45) is 5.77. The summed E-state index contributed by atoms with van der Waals surface area (Å²) in [4.78, 5) is 26.1. The maximum atomic E-state index is 12.0. The first-order valence-corrected chi connectivity index (χ1v) is 11.1. The van der Waals surface area contributed by atoms with Gasteiger partial charge < -0.3 is 20.3 Å². The fraction of sp³-hybridized carbons (Fsp3) is 0.500. The molecule has 0 saturated heterocycles. The number of hydrogen-bond donors (Lipinski definition) is 2. The number of nitriles is 1. The molecule has 0 unspecified atom stereocenters. The van der Waals surface area contributed by atoms with E-state index in [0.29, 0.717) is 31.9 Å². The van der Waals surface area contributed by atoms with E-state index in [-0.39, 0.29) is 11.8 Å². The minimum atomic E-state index is -0.0231. The average molecular weight is 433 g/mol. The predicted octanol–water partition coefficient (Wildman–Crippen LogP) is 3.75. The van der Waals surface area contributed by atoms with E-state index < -0.39 is 0 Å². The highest BCUT2D eigenvalue weighted by Gasteiger charge is 2.04. The quantitative estimate of drug-likeness (QED) is 0.249. The largest absolute Gasteiger partial charge is 0.494 e. The van der Waals surface area contributed by atoms with Gasteiger partial charge in [0.05, 0.1) is 12.4 Å². The van der Waals surface area contributed by atoms with Crippen LogP contribution in [-0.2, 0) is 9.59 Å². The smallest absolute Gasteiger partial charge is 0.230 e. The molecule has 2 N–H and O–H groups in total. The second kappa shape index (κ2) is 15.2. The molecular weight excluding hydrogens is 400 g/mol. The van der Waals surface area contributed by atoms with E-state index in [0.717, 1.165) is 42.0 Å². The molecule has 0 fully saturated rings. The zero-order valence-corrected chi connectivity index (χ0v) is 18.7. The molecule has 0 atom stereocenters. The Labute approximate surface area is 183 Å². The van der Waals surface area contributed by atoms with Crippen LogP contribution in [0.3, 0.4) is 0 Å². The number of amides is 2. The Hall–Kier alpha value is -2.66. The molecule has 0 bridgehead atoms. The van der Waals surface area contributed by atoms with Gasteiger partial charge in [-0.05, 0) is 55.4 Å². The lowest BCUT2D eigenvalue weighted by Crippen LogP contribution is -2.26. The number of thioether (sulfide) groups is 1. The Balaban J connectivity index is 2.12. The Morgan fingerprint density at radius 1 is 1.17 bits per heavy atom. The number of carbonyl (C=O) groups is 2. The number of hydrogen-bond acceptors (Lipinski definition) is 6. The van der Waals surface area contributed by atoms with E-state index in [1.165, 1.54) is 11.8 Å². The molecule has 0 aliphatic rings. The van der Waals surface area contributed by atoms with Gasteiger partial charge in [0.15, 0.2) is 6.19 Å². The summed E-state index contributed by atoms with van der Waals surface area (Å²) in [5.74, 6) is 1.13. The van der Waals surface area contributed by atoms with Gasteiger partial charge in [-0.15, -0.1) is 11.8 Å². The number of unbranched alkanes of at least 4 members (excludes halogenated alkanes) is 2. The molecule has 0 aromatic heterocycles. The van der Waals surface area contributed by atoms with Gasteiger partial charge in [-0.25, -0.2) is 0 Å². The lowest BCUT2D eigenvalue weighted by molar-refractivity contribution is -0.118. The molecule has 7 nitrogen and oxygen atoms in total. The number of carbonyl (C=O) groups excluding carboxylic acids is 2. The zero-order chi connectivity index (χ0) is 22.2. The molecule has 0 aliphatic heterocycles. The number of allylic oxidation sites excluding steroid dienone is 1. The minimum Gasteiger partial charge on any atom is -0.494 e. The maximum absolute atomic E-state index is 12.0. The molecule has 1 rings (SSSR count). The Morgan fingerprint density at radius 2 is 1.90 bits per heavy atom. The molecule has 8 heteroatoms. The van der Waals surface area contributed by atoms with Crippen LogP contribution in [0.15, 0.2) is 35.7 Å². The fourth-order valence-corrected chi connectivity index (χ4v) is 2.93. The van der Waals surface area contributed by atoms with Crippen LogP contribution in [0.4, 0.5) is 5.69 Å². The maximum Gasteiger partial charge on any atom is 0.230 e. The number of ether oxygens (including phenoxy) is 1. The van der Waals surface area contributed by atoms with Crippen LogP contribution in [0.1, 0.15) is 39.0 Å². The second-order valence-corrected chi connectivity index (χ2v) is 8.22. The van der Waals surface area contributed by atoms with Gasteiger partial charge in [0.2, 0.25) is 11.8 Å². The number of nitrogens with one attached hydrogen (secondary N) is 2. The lowest BCUT2D eigenvalue weighted by Gasteiger charge is -2.10. The molecule has 1 aromatic carbocycles. The Bertz CT molecular complexity index is 716. The summed E-state index contributed by atoms with van der Waals surface area (Å²) >= 11 is 1.44. The summed E-state index contributed by atoms with van der Waals surface area (Å²) in [7, 11) is 1.74. The third-order valence-electron chi connectivity index (χ3n) is 4.07. The summed E-state index contributed by atoms with van der Waals surface area (Å²) in [5.41, 5.74) is 0.735. The van der Waals surface area contributed by atoms with Crippen molar-refractivity contribution in [3.8, 4) is 11.9 Å². The number of benzene rings is 1. The third-order valence-corrected chi connectivity index (χ3v) is 4.97. The third kappa shape index (κ3) is 12.7. The summed E-state index contributed by atoms with van der Waals surface area (Å²) in [5, 5.41) is 14.4. The summed E-state index contributed by atoms with van der Waals surface area (Å²) < 4.78 is 5.62. The summed E-state index contributed by atoms with van der Waals surface area (Å²) in [6, 6.07) is 7.26. The van der Waals surface area contributed by atoms with E-state index in [4.69, 9.17) is 10.00 Å². The predicted molar refractivity (Wildman–Crippen MR) is 122 cm³/mol. The van der Waals surface area contributed by atoms with E-state index >= 15 is 0 Å². The molecular formula is C22H32N4O3S. The van der Waals surface area contributed by atoms with Crippen molar-refractivity contribution in [2.24, 2.45) is 0 Å². The van der Waals surface area contributed by atoms with Crippen molar-refractivity contribution in [3.63, 3.8) is 0 Å². The fourth-order valence-electron chi connectivity index (χ4n) is 2.45. The van der Waals surface area contributed by atoms with Crippen molar-refractivity contribution in [1.82, 2.24) is 10.2 Å². The monoisotopic (exact) mass is 432 g/mol. The summed E-state index contributed by atoms with van der Waals surface area (Å²) in [6.45, 7) is 7.45. The second-order valence-electron chi connectivity index (χ2n) is 6.95. The van der Waals surface area contributed by atoms with Gasteiger partial charge in [0, 0.05) is 32.2 Å². The van der Waals surface area contributed by atoms with Crippen LogP contribution in [0.25, 0.3) is 0 Å². The van der Waals surface area contributed by atoms with Crippen LogP contribution in [-0.4, -0.2) is 49.2 Å². The highest BCUT2D eigenvalue weighted by atomic mass is 32.2. The number of nitrogens with zero attached hydrogens (tertiary/aromatic N) is 2. The molecule has 0 aliphatic carbocycles. The minimum absolute atomic E-state index is 0.0164. The van der Waals surface area contributed by atoms with E-state index in [1.807, 2.05) is 37.4 Å². The Kier molecular flexibility index (Phi) is 12.9. The lowest BCUT2D eigenvalue weighted by atomic mass is 10.2. The normalized spacial score (nSPS) is 10.0. The number of rotatable bonds is 15. The first-order valence-electron chi connectivity index (χ1n) is 10.1. The SMILES string of the molecule is C=C(C)SCC(=O)NCCCCCC(=O)Nc1ccc(OCCCN(C)C#N)cc1. The molecule has 0 heterocycles. The number of anilines is 1. The van der Waals surface area contributed by atoms with Gasteiger partial charge in [-0.3, -0.25) is 9.59 Å². The van der Waals surface area contributed by atoms with Crippen molar-refractivity contribution < 1.29 is 14.3 Å². The topological polar surface area (TPSA) is 94.5 Å². The molecule has 1 aromatic rings. The van der Waals surface area contributed by atoms with Gasteiger partial charge in [-0.1, -0.05) is 13.0 Å². The van der Waals surface area contributed by atoms with Gasteiger partial charge in [-0.2, -0.15) is 5.26 Å². The highest BCUT2D eigenvalue weighted by molar-refractivity contribution is 8.03. The first kappa shape index (κ1) is 25.4. The van der Waals surface area contributed by atoms with Crippen LogP contribution >= 0.6 is 11.8 Å². The van der Waals surface area contributed by atoms with Crippen molar-refractivity contribution in [1.29, 1.82) is 5.26 Å². The van der Waals surface area contributed by atoms with Crippen LogP contribution in [0, 0.1) is 11.5 Å². The first-order chi connectivity index (χ1) is 14.4. The molecule has 30 heavy (non-hydrogen) atoms. The van der Waals surface area contributed by atoms with Crippen molar-refractivity contribution in [2.75, 3.05) is 37.8 Å². The zero-order valence-electron chi connectivity index (χ0n) is 17.9. The van der Waals surface area contributed by atoms with E-state index in [1.54, 1.807) is 11.9 Å². The molecule has 0 spiro atoms.